The van der Waals surface area contributed by atoms with Gasteiger partial charge in [0, 0.05) is 12.0 Å². The number of carbonyl (C=O) groups excluding carboxylic acids is 2. The average molecular weight is 366 g/mol. The first-order valence-electron chi connectivity index (χ1n) is 7.41. The second-order valence-electron chi connectivity index (χ2n) is 5.23. The molecule has 132 valence electrons. The molecule has 2 aromatic rings. The van der Waals surface area contributed by atoms with E-state index in [2.05, 4.69) is 5.32 Å². The summed E-state index contributed by atoms with van der Waals surface area (Å²) in [7, 11) is 2.72. The Balaban J connectivity index is 2.17. The standard InChI is InChI=1S/C18H17ClFNO4/c1-24-16-7-6-11(8-14(16)19)9-15(18(23)25-2)21-17(22)12-4-3-5-13(20)10-12/h3-8,10,15H,9H2,1-2H3,(H,21,22)/t15-/m0/s1. The van der Waals surface area contributed by atoms with Crippen LogP contribution in [-0.2, 0) is 16.0 Å². The number of halogens is 2. The summed E-state index contributed by atoms with van der Waals surface area (Å²) in [6.07, 6.45) is 0.164. The third kappa shape index (κ3) is 4.93. The fourth-order valence-electron chi connectivity index (χ4n) is 2.28. The molecule has 0 aliphatic heterocycles. The van der Waals surface area contributed by atoms with Gasteiger partial charge in [-0.1, -0.05) is 23.7 Å². The van der Waals surface area contributed by atoms with Gasteiger partial charge in [-0.15, -0.1) is 0 Å². The molecule has 0 radical (unpaired) electrons. The van der Waals surface area contributed by atoms with Gasteiger partial charge in [-0.25, -0.2) is 9.18 Å². The van der Waals surface area contributed by atoms with E-state index in [0.29, 0.717) is 16.3 Å². The number of nitrogens with one attached hydrogen (secondary N) is 1. The molecule has 7 heteroatoms. The molecule has 0 spiro atoms. The number of hydrogen-bond acceptors (Lipinski definition) is 4. The van der Waals surface area contributed by atoms with Crippen molar-refractivity contribution in [1.82, 2.24) is 5.32 Å². The maximum Gasteiger partial charge on any atom is 0.328 e. The second-order valence-corrected chi connectivity index (χ2v) is 5.64. The molecule has 0 saturated heterocycles. The minimum absolute atomic E-state index is 0.113. The van der Waals surface area contributed by atoms with Gasteiger partial charge in [0.1, 0.15) is 17.6 Å². The van der Waals surface area contributed by atoms with Gasteiger partial charge in [-0.05, 0) is 35.9 Å². The summed E-state index contributed by atoms with van der Waals surface area (Å²) in [5.41, 5.74) is 0.822. The molecule has 0 fully saturated rings. The lowest BCUT2D eigenvalue weighted by Crippen LogP contribution is -2.43. The van der Waals surface area contributed by atoms with Crippen molar-refractivity contribution in [2.24, 2.45) is 0 Å². The first-order valence-corrected chi connectivity index (χ1v) is 7.79. The summed E-state index contributed by atoms with van der Waals surface area (Å²) in [5, 5.41) is 2.94. The number of amides is 1. The van der Waals surface area contributed by atoms with E-state index in [1.54, 1.807) is 18.2 Å². The van der Waals surface area contributed by atoms with Crippen LogP contribution in [0, 0.1) is 5.82 Å². The van der Waals surface area contributed by atoms with Gasteiger partial charge < -0.3 is 14.8 Å². The Hall–Kier alpha value is -2.60. The summed E-state index contributed by atoms with van der Waals surface area (Å²) >= 11 is 6.08. The largest absolute Gasteiger partial charge is 0.495 e. The molecule has 0 aliphatic rings. The van der Waals surface area contributed by atoms with Crippen LogP contribution in [-0.4, -0.2) is 32.1 Å². The van der Waals surface area contributed by atoms with Crippen LogP contribution in [0.2, 0.25) is 5.02 Å². The topological polar surface area (TPSA) is 64.6 Å². The fourth-order valence-corrected chi connectivity index (χ4v) is 2.56. The van der Waals surface area contributed by atoms with Crippen molar-refractivity contribution in [2.75, 3.05) is 14.2 Å². The molecule has 0 saturated carbocycles. The van der Waals surface area contributed by atoms with Gasteiger partial charge in [0.05, 0.1) is 19.2 Å². The van der Waals surface area contributed by atoms with Gasteiger partial charge >= 0.3 is 5.97 Å². The SMILES string of the molecule is COC(=O)[C@H](Cc1ccc(OC)c(Cl)c1)NC(=O)c1cccc(F)c1. The Labute approximate surface area is 149 Å². The van der Waals surface area contributed by atoms with Crippen molar-refractivity contribution in [3.8, 4) is 5.75 Å². The predicted molar refractivity (Wildman–Crippen MR) is 91.4 cm³/mol. The number of ether oxygens (including phenoxy) is 2. The number of benzene rings is 2. The molecule has 0 unspecified atom stereocenters. The predicted octanol–water partition coefficient (Wildman–Crippen LogP) is 3.00. The summed E-state index contributed by atoms with van der Waals surface area (Å²) in [4.78, 5) is 24.2. The van der Waals surface area contributed by atoms with E-state index in [4.69, 9.17) is 21.1 Å². The number of rotatable bonds is 6. The van der Waals surface area contributed by atoms with Gasteiger partial charge in [0.15, 0.2) is 0 Å². The molecule has 0 bridgehead atoms. The van der Waals surface area contributed by atoms with Crippen LogP contribution in [0.4, 0.5) is 4.39 Å². The molecule has 0 aromatic heterocycles. The van der Waals surface area contributed by atoms with E-state index in [0.717, 1.165) is 6.07 Å². The van der Waals surface area contributed by atoms with Crippen molar-refractivity contribution >= 4 is 23.5 Å². The maximum absolute atomic E-state index is 13.3. The molecule has 2 rings (SSSR count). The lowest BCUT2D eigenvalue weighted by atomic mass is 10.0. The normalized spacial score (nSPS) is 11.5. The zero-order valence-electron chi connectivity index (χ0n) is 13.7. The van der Waals surface area contributed by atoms with Gasteiger partial charge in [0.2, 0.25) is 0 Å². The summed E-state index contributed by atoms with van der Waals surface area (Å²) in [6.45, 7) is 0. The van der Waals surface area contributed by atoms with Crippen LogP contribution >= 0.6 is 11.6 Å². The third-order valence-corrected chi connectivity index (χ3v) is 3.83. The van der Waals surface area contributed by atoms with Crippen LogP contribution in [0.25, 0.3) is 0 Å². The Kier molecular flexibility index (Phi) is 6.36. The number of carbonyl (C=O) groups is 2. The molecular weight excluding hydrogens is 349 g/mol. The van der Waals surface area contributed by atoms with Crippen molar-refractivity contribution < 1.29 is 23.5 Å². The quantitative estimate of drug-likeness (QED) is 0.799. The minimum Gasteiger partial charge on any atom is -0.495 e. The maximum atomic E-state index is 13.3. The van der Waals surface area contributed by atoms with E-state index in [1.165, 1.54) is 32.4 Å². The lowest BCUT2D eigenvalue weighted by molar-refractivity contribution is -0.142. The first kappa shape index (κ1) is 18.7. The molecule has 1 atom stereocenters. The second kappa shape index (κ2) is 8.48. The molecule has 2 aromatic carbocycles. The Morgan fingerprint density at radius 3 is 2.56 bits per heavy atom. The number of esters is 1. The third-order valence-electron chi connectivity index (χ3n) is 3.53. The zero-order valence-corrected chi connectivity index (χ0v) is 14.5. The summed E-state index contributed by atoms with van der Waals surface area (Å²) < 4.78 is 23.1. The van der Waals surface area contributed by atoms with Crippen molar-refractivity contribution in [1.29, 1.82) is 0 Å². The van der Waals surface area contributed by atoms with E-state index in [1.807, 2.05) is 0 Å². The van der Waals surface area contributed by atoms with Gasteiger partial charge in [-0.3, -0.25) is 4.79 Å². The van der Waals surface area contributed by atoms with E-state index in [-0.39, 0.29) is 12.0 Å². The van der Waals surface area contributed by atoms with Crippen molar-refractivity contribution in [3.63, 3.8) is 0 Å². The summed E-state index contributed by atoms with van der Waals surface area (Å²) in [6, 6.07) is 9.30. The van der Waals surface area contributed by atoms with Gasteiger partial charge in [-0.2, -0.15) is 0 Å². The van der Waals surface area contributed by atoms with Crippen LogP contribution in [0.15, 0.2) is 42.5 Å². The molecule has 5 nitrogen and oxygen atoms in total. The van der Waals surface area contributed by atoms with Crippen LogP contribution < -0.4 is 10.1 Å². The molecule has 0 heterocycles. The first-order chi connectivity index (χ1) is 11.9. The Bertz CT molecular complexity index is 781. The average Bonchev–Trinajstić information content (AvgIpc) is 2.60. The van der Waals surface area contributed by atoms with Crippen molar-refractivity contribution in [2.45, 2.75) is 12.5 Å². The van der Waals surface area contributed by atoms with Crippen LogP contribution in [0.3, 0.4) is 0 Å². The number of hydrogen-bond donors (Lipinski definition) is 1. The van der Waals surface area contributed by atoms with Crippen LogP contribution in [0.5, 0.6) is 5.75 Å². The minimum atomic E-state index is -0.940. The van der Waals surface area contributed by atoms with E-state index in [9.17, 15) is 14.0 Å². The molecular formula is C18H17ClFNO4. The van der Waals surface area contributed by atoms with E-state index >= 15 is 0 Å². The number of methoxy groups -OCH3 is 2. The molecule has 25 heavy (non-hydrogen) atoms. The monoisotopic (exact) mass is 365 g/mol. The molecule has 0 aliphatic carbocycles. The Morgan fingerprint density at radius 1 is 1.20 bits per heavy atom. The fraction of sp³-hybridized carbons (Fsp3) is 0.222. The highest BCUT2D eigenvalue weighted by molar-refractivity contribution is 6.32. The lowest BCUT2D eigenvalue weighted by Gasteiger charge is -2.17. The summed E-state index contributed by atoms with van der Waals surface area (Å²) in [5.74, 6) is -1.22. The van der Waals surface area contributed by atoms with Gasteiger partial charge in [0.25, 0.3) is 5.91 Å². The van der Waals surface area contributed by atoms with E-state index < -0.39 is 23.7 Å². The molecule has 1 N–H and O–H groups in total. The van der Waals surface area contributed by atoms with Crippen LogP contribution in [0.1, 0.15) is 15.9 Å². The smallest absolute Gasteiger partial charge is 0.328 e. The highest BCUT2D eigenvalue weighted by atomic mass is 35.5. The highest BCUT2D eigenvalue weighted by Gasteiger charge is 2.23. The highest BCUT2D eigenvalue weighted by Crippen LogP contribution is 2.25. The Morgan fingerprint density at radius 2 is 1.96 bits per heavy atom. The molecule has 1 amide bonds. The zero-order chi connectivity index (χ0) is 18.4. The van der Waals surface area contributed by atoms with Crippen molar-refractivity contribution in [3.05, 3.63) is 64.4 Å².